The highest BCUT2D eigenvalue weighted by Gasteiger charge is 2.34. The number of likely N-dealkylation sites (tertiary alicyclic amines) is 2. The summed E-state index contributed by atoms with van der Waals surface area (Å²) in [4.78, 5) is 8.60. The number of aliphatic imine (C=N–C) groups is 1. The van der Waals surface area contributed by atoms with Gasteiger partial charge in [-0.1, -0.05) is 30.3 Å². The first-order valence-corrected chi connectivity index (χ1v) is 10.8. The number of alkyl halides is 3. The fraction of sp³-hybridized carbons (Fsp3) is 0.682. The minimum Gasteiger partial charge on any atom is -0.357 e. The van der Waals surface area contributed by atoms with Gasteiger partial charge in [-0.3, -0.25) is 9.89 Å². The molecule has 2 fully saturated rings. The van der Waals surface area contributed by atoms with Crippen LogP contribution in [-0.2, 0) is 6.42 Å². The third kappa shape index (κ3) is 7.21. The number of nitrogens with one attached hydrogen (secondary N) is 1. The van der Waals surface area contributed by atoms with Crippen molar-refractivity contribution in [3.8, 4) is 0 Å². The maximum absolute atomic E-state index is 12.6. The number of benzene rings is 1. The summed E-state index contributed by atoms with van der Waals surface area (Å²) in [7, 11) is 0. The van der Waals surface area contributed by atoms with E-state index in [0.717, 1.165) is 51.3 Å². The van der Waals surface area contributed by atoms with Crippen LogP contribution in [-0.4, -0.2) is 67.7 Å². The molecule has 1 atom stereocenters. The molecule has 0 aromatic heterocycles. The van der Waals surface area contributed by atoms with Gasteiger partial charge in [0.2, 0.25) is 0 Å². The third-order valence-corrected chi connectivity index (χ3v) is 5.89. The van der Waals surface area contributed by atoms with Crippen molar-refractivity contribution < 1.29 is 13.2 Å². The molecule has 1 aromatic carbocycles. The Morgan fingerprint density at radius 2 is 1.76 bits per heavy atom. The van der Waals surface area contributed by atoms with Crippen molar-refractivity contribution >= 4 is 5.96 Å². The smallest absolute Gasteiger partial charge is 0.357 e. The number of rotatable bonds is 6. The van der Waals surface area contributed by atoms with Crippen molar-refractivity contribution in [2.45, 2.75) is 38.8 Å². The Balaban J connectivity index is 1.47. The van der Waals surface area contributed by atoms with Gasteiger partial charge in [-0.25, -0.2) is 0 Å². The molecule has 0 bridgehead atoms. The Bertz CT molecular complexity index is 639. The number of piperidine rings is 1. The largest absolute Gasteiger partial charge is 0.401 e. The van der Waals surface area contributed by atoms with Gasteiger partial charge in [-0.2, -0.15) is 13.2 Å². The summed E-state index contributed by atoms with van der Waals surface area (Å²) in [6.45, 7) is 5.61. The lowest BCUT2D eigenvalue weighted by atomic mass is 9.90. The maximum Gasteiger partial charge on any atom is 0.401 e. The van der Waals surface area contributed by atoms with Crippen molar-refractivity contribution in [3.63, 3.8) is 0 Å². The number of hydrogen-bond donors (Lipinski definition) is 1. The fourth-order valence-electron chi connectivity index (χ4n) is 4.40. The van der Waals surface area contributed by atoms with E-state index < -0.39 is 12.7 Å². The standard InChI is InChI=1S/C22H33F3N4/c1-2-26-21(27-15-20-8-11-28(16-20)17-22(23,24)25)29-12-9-19(10-13-29)14-18-6-4-3-5-7-18/h3-7,19-20H,2,8-17H2,1H3,(H,26,27). The zero-order valence-electron chi connectivity index (χ0n) is 17.3. The molecule has 0 saturated carbocycles. The van der Waals surface area contributed by atoms with Crippen LogP contribution in [0, 0.1) is 11.8 Å². The molecule has 2 aliphatic heterocycles. The fourth-order valence-corrected chi connectivity index (χ4v) is 4.40. The van der Waals surface area contributed by atoms with Gasteiger partial charge in [-0.05, 0) is 56.6 Å². The molecule has 29 heavy (non-hydrogen) atoms. The molecule has 1 aromatic rings. The van der Waals surface area contributed by atoms with Crippen LogP contribution in [0.5, 0.6) is 0 Å². The van der Waals surface area contributed by atoms with Gasteiger partial charge in [0.15, 0.2) is 5.96 Å². The van der Waals surface area contributed by atoms with E-state index in [4.69, 9.17) is 4.99 Å². The molecule has 2 saturated heterocycles. The quantitative estimate of drug-likeness (QED) is 0.572. The van der Waals surface area contributed by atoms with Gasteiger partial charge in [0.1, 0.15) is 0 Å². The van der Waals surface area contributed by atoms with Crippen LogP contribution in [0.1, 0.15) is 31.7 Å². The van der Waals surface area contributed by atoms with E-state index in [-0.39, 0.29) is 5.92 Å². The predicted octanol–water partition coefficient (Wildman–Crippen LogP) is 3.79. The molecule has 4 nitrogen and oxygen atoms in total. The van der Waals surface area contributed by atoms with Crippen molar-refractivity contribution in [1.29, 1.82) is 0 Å². The molecule has 3 rings (SSSR count). The van der Waals surface area contributed by atoms with Crippen molar-refractivity contribution in [2.24, 2.45) is 16.8 Å². The monoisotopic (exact) mass is 410 g/mol. The Labute approximate surface area is 172 Å². The number of nitrogens with zero attached hydrogens (tertiary/aromatic N) is 3. The second-order valence-corrected chi connectivity index (χ2v) is 8.32. The van der Waals surface area contributed by atoms with E-state index in [1.807, 2.05) is 0 Å². The van der Waals surface area contributed by atoms with E-state index >= 15 is 0 Å². The van der Waals surface area contributed by atoms with Gasteiger partial charge in [0, 0.05) is 32.7 Å². The number of halogens is 3. The summed E-state index contributed by atoms with van der Waals surface area (Å²) in [5.41, 5.74) is 1.40. The van der Waals surface area contributed by atoms with Gasteiger partial charge in [-0.15, -0.1) is 0 Å². The first kappa shape index (κ1) is 21.9. The van der Waals surface area contributed by atoms with Crippen LogP contribution in [0.3, 0.4) is 0 Å². The molecule has 2 aliphatic rings. The van der Waals surface area contributed by atoms with Crippen LogP contribution >= 0.6 is 0 Å². The molecule has 162 valence electrons. The third-order valence-electron chi connectivity index (χ3n) is 5.89. The minimum absolute atomic E-state index is 0.210. The zero-order chi connectivity index (χ0) is 20.7. The maximum atomic E-state index is 12.6. The second kappa shape index (κ2) is 10.3. The summed E-state index contributed by atoms with van der Waals surface area (Å²) in [5.74, 6) is 1.82. The molecule has 2 heterocycles. The molecule has 0 amide bonds. The lowest BCUT2D eigenvalue weighted by Crippen LogP contribution is -2.46. The van der Waals surface area contributed by atoms with E-state index in [2.05, 4.69) is 47.5 Å². The molecule has 0 aliphatic carbocycles. The SMILES string of the molecule is CCNC(=NCC1CCN(CC(F)(F)F)C1)N1CCC(Cc2ccccc2)CC1. The van der Waals surface area contributed by atoms with E-state index in [9.17, 15) is 13.2 Å². The normalized spacial score (nSPS) is 22.3. The average molecular weight is 411 g/mol. The highest BCUT2D eigenvalue weighted by Crippen LogP contribution is 2.24. The van der Waals surface area contributed by atoms with Crippen LogP contribution in [0.2, 0.25) is 0 Å². The summed E-state index contributed by atoms with van der Waals surface area (Å²) in [6, 6.07) is 10.6. The molecule has 0 radical (unpaired) electrons. The lowest BCUT2D eigenvalue weighted by molar-refractivity contribution is -0.143. The van der Waals surface area contributed by atoms with Crippen molar-refractivity contribution in [3.05, 3.63) is 35.9 Å². The number of guanidine groups is 1. The van der Waals surface area contributed by atoms with E-state index in [1.165, 1.54) is 10.5 Å². The minimum atomic E-state index is -4.11. The summed E-state index contributed by atoms with van der Waals surface area (Å²) < 4.78 is 37.7. The molecule has 0 spiro atoms. The number of hydrogen-bond acceptors (Lipinski definition) is 2. The highest BCUT2D eigenvalue weighted by molar-refractivity contribution is 5.80. The van der Waals surface area contributed by atoms with Crippen molar-refractivity contribution in [2.75, 3.05) is 45.8 Å². The molecule has 7 heteroatoms. The van der Waals surface area contributed by atoms with Crippen molar-refractivity contribution in [1.82, 2.24) is 15.1 Å². The summed E-state index contributed by atoms with van der Waals surface area (Å²) in [6.07, 6.45) is 0.0823. The lowest BCUT2D eigenvalue weighted by Gasteiger charge is -2.34. The van der Waals surface area contributed by atoms with Gasteiger partial charge < -0.3 is 10.2 Å². The van der Waals surface area contributed by atoms with Crippen LogP contribution < -0.4 is 5.32 Å². The molecule has 1 N–H and O–H groups in total. The first-order valence-electron chi connectivity index (χ1n) is 10.8. The Kier molecular flexibility index (Phi) is 7.81. The highest BCUT2D eigenvalue weighted by atomic mass is 19.4. The van der Waals surface area contributed by atoms with Crippen LogP contribution in [0.15, 0.2) is 35.3 Å². The topological polar surface area (TPSA) is 30.9 Å². The Hall–Kier alpha value is -1.76. The predicted molar refractivity (Wildman–Crippen MR) is 111 cm³/mol. The zero-order valence-corrected chi connectivity index (χ0v) is 17.3. The van der Waals surface area contributed by atoms with E-state index in [0.29, 0.717) is 25.6 Å². The second-order valence-electron chi connectivity index (χ2n) is 8.32. The molecule has 1 unspecified atom stereocenters. The summed E-state index contributed by atoms with van der Waals surface area (Å²) >= 11 is 0. The van der Waals surface area contributed by atoms with Gasteiger partial charge in [0.25, 0.3) is 0 Å². The molecular formula is C22H33F3N4. The van der Waals surface area contributed by atoms with Gasteiger partial charge in [0.05, 0.1) is 6.54 Å². The van der Waals surface area contributed by atoms with Gasteiger partial charge >= 0.3 is 6.18 Å². The first-order chi connectivity index (χ1) is 13.9. The molecular weight excluding hydrogens is 377 g/mol. The van der Waals surface area contributed by atoms with Crippen LogP contribution in [0.4, 0.5) is 13.2 Å². The average Bonchev–Trinajstić information content (AvgIpc) is 3.12. The summed E-state index contributed by atoms with van der Waals surface area (Å²) in [5, 5.41) is 3.37. The Morgan fingerprint density at radius 3 is 2.41 bits per heavy atom. The van der Waals surface area contributed by atoms with Crippen LogP contribution in [0.25, 0.3) is 0 Å². The van der Waals surface area contributed by atoms with E-state index in [1.54, 1.807) is 0 Å². The Morgan fingerprint density at radius 1 is 1.07 bits per heavy atom.